The van der Waals surface area contributed by atoms with E-state index in [1.807, 2.05) is 13.0 Å². The smallest absolute Gasteiger partial charge is 0.244 e. The molecule has 0 fully saturated rings. The zero-order valence-electron chi connectivity index (χ0n) is 19.0. The summed E-state index contributed by atoms with van der Waals surface area (Å²) in [5, 5.41) is 3.19. The second-order valence-electron chi connectivity index (χ2n) is 7.70. The zero-order valence-corrected chi connectivity index (χ0v) is 19.0. The Balaban J connectivity index is 1.75. The van der Waals surface area contributed by atoms with Gasteiger partial charge in [-0.2, -0.15) is 0 Å². The number of amides is 1. The number of ketones is 1. The summed E-state index contributed by atoms with van der Waals surface area (Å²) in [6, 6.07) is 13.5. The Labute approximate surface area is 195 Å². The maximum absolute atomic E-state index is 13.2. The number of anilines is 1. The number of rotatable bonds is 7. The van der Waals surface area contributed by atoms with E-state index in [4.69, 9.17) is 9.47 Å². The van der Waals surface area contributed by atoms with Crippen molar-refractivity contribution in [2.24, 2.45) is 0 Å². The van der Waals surface area contributed by atoms with Gasteiger partial charge in [0.15, 0.2) is 5.78 Å². The lowest BCUT2D eigenvalue weighted by atomic mass is 10.0. The number of aromatic nitrogens is 2. The van der Waals surface area contributed by atoms with E-state index in [9.17, 15) is 14.4 Å². The molecule has 0 saturated carbocycles. The molecule has 172 valence electrons. The molecule has 0 aliphatic carbocycles. The van der Waals surface area contributed by atoms with Crippen LogP contribution in [0, 0.1) is 6.92 Å². The van der Waals surface area contributed by atoms with E-state index in [1.54, 1.807) is 47.0 Å². The molecule has 0 unspecified atom stereocenters. The van der Waals surface area contributed by atoms with E-state index in [-0.39, 0.29) is 23.4 Å². The monoisotopic (exact) mass is 457 g/mol. The molecule has 0 saturated heterocycles. The Hall–Kier alpha value is -4.46. The van der Waals surface area contributed by atoms with Gasteiger partial charge in [0.25, 0.3) is 0 Å². The molecule has 4 aromatic rings. The number of ether oxygens (including phenoxy) is 2. The Morgan fingerprint density at radius 3 is 2.47 bits per heavy atom. The first-order valence-electron chi connectivity index (χ1n) is 10.5. The van der Waals surface area contributed by atoms with E-state index < -0.39 is 5.78 Å². The van der Waals surface area contributed by atoms with Crippen molar-refractivity contribution in [3.8, 4) is 11.5 Å². The number of nitrogens with zero attached hydrogens (tertiary/aromatic N) is 2. The fourth-order valence-corrected chi connectivity index (χ4v) is 3.72. The van der Waals surface area contributed by atoms with Crippen LogP contribution in [-0.4, -0.2) is 35.5 Å². The fourth-order valence-electron chi connectivity index (χ4n) is 3.72. The van der Waals surface area contributed by atoms with Crippen LogP contribution in [0.5, 0.6) is 11.5 Å². The highest BCUT2D eigenvalue weighted by molar-refractivity contribution is 6.10. The summed E-state index contributed by atoms with van der Waals surface area (Å²) in [7, 11) is 3.04. The average Bonchev–Trinajstić information content (AvgIpc) is 2.85. The molecule has 0 atom stereocenters. The second kappa shape index (κ2) is 9.58. The van der Waals surface area contributed by atoms with Gasteiger partial charge < -0.3 is 19.4 Å². The Kier molecular flexibility index (Phi) is 6.40. The number of carbonyl (C=O) groups excluding carboxylic acids is 2. The SMILES string of the molecule is COc1ccc(OC)c(NC(=O)Cn2cc(C(=O)c3ccncc3)c(=O)c3cc(C)ccc32)c1. The van der Waals surface area contributed by atoms with Gasteiger partial charge in [-0.15, -0.1) is 0 Å². The van der Waals surface area contributed by atoms with Crippen LogP contribution in [0.3, 0.4) is 0 Å². The minimum Gasteiger partial charge on any atom is -0.497 e. The number of benzene rings is 2. The summed E-state index contributed by atoms with van der Waals surface area (Å²) < 4.78 is 12.2. The number of pyridine rings is 2. The van der Waals surface area contributed by atoms with Gasteiger partial charge in [-0.25, -0.2) is 0 Å². The third-order valence-electron chi connectivity index (χ3n) is 5.42. The Morgan fingerprint density at radius 1 is 1.00 bits per heavy atom. The molecular formula is C26H23N3O5. The number of methoxy groups -OCH3 is 2. The highest BCUT2D eigenvalue weighted by atomic mass is 16.5. The third kappa shape index (κ3) is 4.52. The van der Waals surface area contributed by atoms with Crippen molar-refractivity contribution in [2.75, 3.05) is 19.5 Å². The molecule has 0 radical (unpaired) electrons. The molecule has 2 heterocycles. The fraction of sp³-hybridized carbons (Fsp3) is 0.154. The minimum atomic E-state index is -0.431. The normalized spacial score (nSPS) is 10.7. The second-order valence-corrected chi connectivity index (χ2v) is 7.70. The molecular weight excluding hydrogens is 434 g/mol. The van der Waals surface area contributed by atoms with Crippen molar-refractivity contribution >= 4 is 28.3 Å². The molecule has 4 rings (SSSR count). The van der Waals surface area contributed by atoms with Crippen molar-refractivity contribution in [1.82, 2.24) is 9.55 Å². The van der Waals surface area contributed by atoms with Crippen LogP contribution in [0.4, 0.5) is 5.69 Å². The van der Waals surface area contributed by atoms with Crippen molar-refractivity contribution in [2.45, 2.75) is 13.5 Å². The van der Waals surface area contributed by atoms with Crippen molar-refractivity contribution in [1.29, 1.82) is 0 Å². The molecule has 1 N–H and O–H groups in total. The van der Waals surface area contributed by atoms with Gasteiger partial charge in [-0.3, -0.25) is 19.4 Å². The van der Waals surface area contributed by atoms with Crippen molar-refractivity contribution in [3.63, 3.8) is 0 Å². The summed E-state index contributed by atoms with van der Waals surface area (Å²) in [6.45, 7) is 1.74. The van der Waals surface area contributed by atoms with Gasteiger partial charge in [0, 0.05) is 35.6 Å². The number of aryl methyl sites for hydroxylation is 1. The van der Waals surface area contributed by atoms with Crippen LogP contribution in [-0.2, 0) is 11.3 Å². The predicted octanol–water partition coefficient (Wildman–Crippen LogP) is 3.59. The van der Waals surface area contributed by atoms with Gasteiger partial charge in [-0.05, 0) is 43.3 Å². The van der Waals surface area contributed by atoms with Gasteiger partial charge in [0.2, 0.25) is 11.3 Å². The molecule has 2 aromatic heterocycles. The van der Waals surface area contributed by atoms with Crippen LogP contribution in [0.2, 0.25) is 0 Å². The number of hydrogen-bond donors (Lipinski definition) is 1. The molecule has 2 aromatic carbocycles. The Morgan fingerprint density at radius 2 is 1.76 bits per heavy atom. The summed E-state index contributed by atoms with van der Waals surface area (Å²) in [6.07, 6.45) is 4.42. The van der Waals surface area contributed by atoms with Crippen LogP contribution in [0.25, 0.3) is 10.9 Å². The molecule has 0 aliphatic heterocycles. The highest BCUT2D eigenvalue weighted by Crippen LogP contribution is 2.29. The van der Waals surface area contributed by atoms with Crippen molar-refractivity contribution in [3.05, 3.63) is 94.0 Å². The van der Waals surface area contributed by atoms with Gasteiger partial charge in [0.1, 0.15) is 18.0 Å². The molecule has 0 spiro atoms. The maximum Gasteiger partial charge on any atom is 0.244 e. The molecule has 0 aliphatic rings. The van der Waals surface area contributed by atoms with Crippen LogP contribution < -0.4 is 20.2 Å². The standard InChI is InChI=1S/C26H23N3O5/c1-16-4-6-22-19(12-16)26(32)20(25(31)17-8-10-27-11-9-17)14-29(22)15-24(30)28-21-13-18(33-2)5-7-23(21)34-3/h4-14H,15H2,1-3H3,(H,28,30). The van der Waals surface area contributed by atoms with E-state index >= 15 is 0 Å². The molecule has 8 heteroatoms. The van der Waals surface area contributed by atoms with E-state index in [2.05, 4.69) is 10.3 Å². The summed E-state index contributed by atoms with van der Waals surface area (Å²) >= 11 is 0. The van der Waals surface area contributed by atoms with Gasteiger partial charge >= 0.3 is 0 Å². The topological polar surface area (TPSA) is 99.5 Å². The lowest BCUT2D eigenvalue weighted by Crippen LogP contribution is -2.24. The number of hydrogen-bond acceptors (Lipinski definition) is 6. The lowest BCUT2D eigenvalue weighted by Gasteiger charge is -2.15. The first-order chi connectivity index (χ1) is 16.4. The first-order valence-corrected chi connectivity index (χ1v) is 10.5. The van der Waals surface area contributed by atoms with Gasteiger partial charge in [-0.1, -0.05) is 11.6 Å². The quantitative estimate of drug-likeness (QED) is 0.426. The van der Waals surface area contributed by atoms with Crippen LogP contribution >= 0.6 is 0 Å². The third-order valence-corrected chi connectivity index (χ3v) is 5.42. The zero-order chi connectivity index (χ0) is 24.2. The van der Waals surface area contributed by atoms with E-state index in [1.165, 1.54) is 32.8 Å². The predicted molar refractivity (Wildman–Crippen MR) is 129 cm³/mol. The molecule has 8 nitrogen and oxygen atoms in total. The molecule has 0 bridgehead atoms. The maximum atomic E-state index is 13.2. The highest BCUT2D eigenvalue weighted by Gasteiger charge is 2.19. The first kappa shape index (κ1) is 22.7. The Bertz CT molecular complexity index is 1440. The van der Waals surface area contributed by atoms with Gasteiger partial charge in [0.05, 0.1) is 31.0 Å². The number of fused-ring (bicyclic) bond motifs is 1. The van der Waals surface area contributed by atoms with Crippen LogP contribution in [0.1, 0.15) is 21.5 Å². The van der Waals surface area contributed by atoms with Crippen molar-refractivity contribution < 1.29 is 19.1 Å². The summed E-state index contributed by atoms with van der Waals surface area (Å²) in [5.74, 6) is 0.243. The molecule has 34 heavy (non-hydrogen) atoms. The largest absolute Gasteiger partial charge is 0.497 e. The summed E-state index contributed by atoms with van der Waals surface area (Å²) in [4.78, 5) is 43.2. The average molecular weight is 457 g/mol. The summed E-state index contributed by atoms with van der Waals surface area (Å²) in [5.41, 5.74) is 1.81. The minimum absolute atomic E-state index is 0.0175. The van der Waals surface area contributed by atoms with E-state index in [0.29, 0.717) is 33.7 Å². The molecule has 1 amide bonds. The van der Waals surface area contributed by atoms with Crippen LogP contribution in [0.15, 0.2) is 71.9 Å². The number of nitrogens with one attached hydrogen (secondary N) is 1. The van der Waals surface area contributed by atoms with E-state index in [0.717, 1.165) is 5.56 Å². The lowest BCUT2D eigenvalue weighted by molar-refractivity contribution is -0.116. The number of carbonyl (C=O) groups is 2.